The van der Waals surface area contributed by atoms with Crippen molar-refractivity contribution in [2.24, 2.45) is 0 Å². The fourth-order valence-corrected chi connectivity index (χ4v) is 3.48. The standard InChI is InChI=1S/C17H18Br2O/c1-11(2)13-5-3-12(4-6-13)7-17(20)14-8-15(18)10-16(19)9-14/h3-6,8-11,17,20H,7H2,1-2H3. The second-order valence-electron chi connectivity index (χ2n) is 5.32. The largest absolute Gasteiger partial charge is 0.388 e. The molecule has 0 aliphatic carbocycles. The highest BCUT2D eigenvalue weighted by Crippen LogP contribution is 2.26. The third-order valence-corrected chi connectivity index (χ3v) is 4.26. The zero-order valence-corrected chi connectivity index (χ0v) is 14.8. The second-order valence-corrected chi connectivity index (χ2v) is 7.15. The molecule has 0 aliphatic rings. The van der Waals surface area contributed by atoms with Crippen LogP contribution in [0.4, 0.5) is 0 Å². The van der Waals surface area contributed by atoms with Gasteiger partial charge in [-0.05, 0) is 40.8 Å². The minimum atomic E-state index is -0.492. The molecule has 20 heavy (non-hydrogen) atoms. The zero-order valence-electron chi connectivity index (χ0n) is 11.6. The van der Waals surface area contributed by atoms with Crippen LogP contribution in [0.5, 0.6) is 0 Å². The topological polar surface area (TPSA) is 20.2 Å². The normalized spacial score (nSPS) is 12.7. The molecule has 1 nitrogen and oxygen atoms in total. The lowest BCUT2D eigenvalue weighted by molar-refractivity contribution is 0.178. The van der Waals surface area contributed by atoms with Crippen molar-refractivity contribution in [3.63, 3.8) is 0 Å². The van der Waals surface area contributed by atoms with E-state index in [0.29, 0.717) is 12.3 Å². The van der Waals surface area contributed by atoms with Gasteiger partial charge in [-0.2, -0.15) is 0 Å². The fraction of sp³-hybridized carbons (Fsp3) is 0.294. The summed E-state index contributed by atoms with van der Waals surface area (Å²) >= 11 is 6.90. The number of aliphatic hydroxyl groups excluding tert-OH is 1. The molecule has 0 radical (unpaired) electrons. The Bertz CT molecular complexity index is 556. The van der Waals surface area contributed by atoms with Crippen molar-refractivity contribution in [3.8, 4) is 0 Å². The Kier molecular flexibility index (Phi) is 5.42. The molecule has 106 valence electrons. The fourth-order valence-electron chi connectivity index (χ4n) is 2.15. The third kappa shape index (κ3) is 4.18. The van der Waals surface area contributed by atoms with Crippen molar-refractivity contribution < 1.29 is 5.11 Å². The van der Waals surface area contributed by atoms with Gasteiger partial charge in [0.15, 0.2) is 0 Å². The Morgan fingerprint density at radius 1 is 0.900 bits per heavy atom. The smallest absolute Gasteiger partial charge is 0.0831 e. The first-order valence-corrected chi connectivity index (χ1v) is 8.27. The maximum atomic E-state index is 10.4. The number of hydrogen-bond donors (Lipinski definition) is 1. The first-order chi connectivity index (χ1) is 9.45. The second kappa shape index (κ2) is 6.88. The summed E-state index contributed by atoms with van der Waals surface area (Å²) in [6, 6.07) is 14.4. The molecule has 1 N–H and O–H groups in total. The predicted molar refractivity (Wildman–Crippen MR) is 91.0 cm³/mol. The minimum absolute atomic E-state index is 0.492. The van der Waals surface area contributed by atoms with Crippen LogP contribution in [0.2, 0.25) is 0 Å². The van der Waals surface area contributed by atoms with Crippen LogP contribution >= 0.6 is 31.9 Å². The van der Waals surface area contributed by atoms with Gasteiger partial charge < -0.3 is 5.11 Å². The van der Waals surface area contributed by atoms with Crippen LogP contribution in [0.1, 0.15) is 42.6 Å². The van der Waals surface area contributed by atoms with Gasteiger partial charge in [0, 0.05) is 15.4 Å². The lowest BCUT2D eigenvalue weighted by Crippen LogP contribution is -2.02. The van der Waals surface area contributed by atoms with Crippen LogP contribution in [-0.2, 0) is 6.42 Å². The van der Waals surface area contributed by atoms with Crippen molar-refractivity contribution in [2.75, 3.05) is 0 Å². The molecule has 0 saturated heterocycles. The van der Waals surface area contributed by atoms with E-state index < -0.39 is 6.10 Å². The maximum absolute atomic E-state index is 10.4. The van der Waals surface area contributed by atoms with Gasteiger partial charge in [-0.15, -0.1) is 0 Å². The molecule has 0 aliphatic heterocycles. The first-order valence-electron chi connectivity index (χ1n) is 6.68. The molecular weight excluding hydrogens is 380 g/mol. The molecular formula is C17H18Br2O. The van der Waals surface area contributed by atoms with Crippen LogP contribution in [0.25, 0.3) is 0 Å². The van der Waals surface area contributed by atoms with E-state index in [9.17, 15) is 5.11 Å². The van der Waals surface area contributed by atoms with Gasteiger partial charge in [-0.1, -0.05) is 70.0 Å². The van der Waals surface area contributed by atoms with E-state index in [1.54, 1.807) is 0 Å². The molecule has 0 aromatic heterocycles. The summed E-state index contributed by atoms with van der Waals surface area (Å²) < 4.78 is 1.94. The Hall–Kier alpha value is -0.640. The molecule has 2 aromatic carbocycles. The number of hydrogen-bond acceptors (Lipinski definition) is 1. The van der Waals surface area contributed by atoms with E-state index >= 15 is 0 Å². The summed E-state index contributed by atoms with van der Waals surface area (Å²) in [4.78, 5) is 0. The Labute approximate surface area is 137 Å². The van der Waals surface area contributed by atoms with E-state index in [0.717, 1.165) is 20.1 Å². The molecule has 0 spiro atoms. The Balaban J connectivity index is 2.12. The van der Waals surface area contributed by atoms with Crippen molar-refractivity contribution in [1.29, 1.82) is 0 Å². The maximum Gasteiger partial charge on any atom is 0.0831 e. The SMILES string of the molecule is CC(C)c1ccc(CC(O)c2cc(Br)cc(Br)c2)cc1. The minimum Gasteiger partial charge on any atom is -0.388 e. The van der Waals surface area contributed by atoms with Gasteiger partial charge in [0.1, 0.15) is 0 Å². The van der Waals surface area contributed by atoms with Gasteiger partial charge in [-0.3, -0.25) is 0 Å². The van der Waals surface area contributed by atoms with Crippen LogP contribution < -0.4 is 0 Å². The summed E-state index contributed by atoms with van der Waals surface area (Å²) in [6.07, 6.45) is 0.134. The highest BCUT2D eigenvalue weighted by atomic mass is 79.9. The summed E-state index contributed by atoms with van der Waals surface area (Å²) in [5.41, 5.74) is 3.39. The number of halogens is 2. The third-order valence-electron chi connectivity index (χ3n) is 3.35. The Morgan fingerprint density at radius 3 is 1.95 bits per heavy atom. The van der Waals surface area contributed by atoms with Gasteiger partial charge in [0.05, 0.1) is 6.10 Å². The van der Waals surface area contributed by atoms with Gasteiger partial charge in [0.2, 0.25) is 0 Å². The van der Waals surface area contributed by atoms with Gasteiger partial charge >= 0.3 is 0 Å². The highest BCUT2D eigenvalue weighted by Gasteiger charge is 2.10. The molecule has 3 heteroatoms. The van der Waals surface area contributed by atoms with Crippen molar-refractivity contribution in [1.82, 2.24) is 0 Å². The van der Waals surface area contributed by atoms with E-state index in [-0.39, 0.29) is 0 Å². The summed E-state index contributed by atoms with van der Waals surface area (Å²) in [7, 11) is 0. The molecule has 2 aromatic rings. The molecule has 2 rings (SSSR count). The van der Waals surface area contributed by atoms with Crippen LogP contribution in [0.3, 0.4) is 0 Å². The van der Waals surface area contributed by atoms with Crippen LogP contribution in [-0.4, -0.2) is 5.11 Å². The van der Waals surface area contributed by atoms with E-state index in [2.05, 4.69) is 70.0 Å². The first kappa shape index (κ1) is 15.7. The monoisotopic (exact) mass is 396 g/mol. The zero-order chi connectivity index (χ0) is 14.7. The molecule has 0 heterocycles. The van der Waals surface area contributed by atoms with Crippen molar-refractivity contribution in [2.45, 2.75) is 32.3 Å². The van der Waals surface area contributed by atoms with E-state index in [4.69, 9.17) is 0 Å². The average Bonchev–Trinajstić information content (AvgIpc) is 2.38. The number of benzene rings is 2. The predicted octanol–water partition coefficient (Wildman–Crippen LogP) is 5.61. The molecule has 0 amide bonds. The van der Waals surface area contributed by atoms with Crippen molar-refractivity contribution >= 4 is 31.9 Å². The summed E-state index contributed by atoms with van der Waals surface area (Å²) in [5.74, 6) is 0.537. The van der Waals surface area contributed by atoms with E-state index in [1.807, 2.05) is 18.2 Å². The van der Waals surface area contributed by atoms with Crippen LogP contribution in [0, 0.1) is 0 Å². The molecule has 1 unspecified atom stereocenters. The lowest BCUT2D eigenvalue weighted by Gasteiger charge is -2.13. The average molecular weight is 398 g/mol. The Morgan fingerprint density at radius 2 is 1.45 bits per heavy atom. The molecule has 0 saturated carbocycles. The van der Waals surface area contributed by atoms with Gasteiger partial charge in [0.25, 0.3) is 0 Å². The molecule has 0 fully saturated rings. The molecule has 0 bridgehead atoms. The van der Waals surface area contributed by atoms with Crippen LogP contribution in [0.15, 0.2) is 51.4 Å². The lowest BCUT2D eigenvalue weighted by atomic mass is 9.97. The van der Waals surface area contributed by atoms with E-state index in [1.165, 1.54) is 5.56 Å². The molecule has 1 atom stereocenters. The van der Waals surface area contributed by atoms with Gasteiger partial charge in [-0.25, -0.2) is 0 Å². The van der Waals surface area contributed by atoms with Crippen molar-refractivity contribution in [3.05, 3.63) is 68.1 Å². The quantitative estimate of drug-likeness (QED) is 0.710. The summed E-state index contributed by atoms with van der Waals surface area (Å²) in [6.45, 7) is 4.37. The number of rotatable bonds is 4. The summed E-state index contributed by atoms with van der Waals surface area (Å²) in [5, 5.41) is 10.4. The highest BCUT2D eigenvalue weighted by molar-refractivity contribution is 9.11. The number of aliphatic hydroxyl groups is 1.